The molecule has 8 nitrogen and oxygen atoms in total. The first-order valence-electron chi connectivity index (χ1n) is 11.6. The van der Waals surface area contributed by atoms with Crippen molar-refractivity contribution in [3.05, 3.63) is 48.0 Å². The number of methoxy groups -OCH3 is 2. The maximum Gasteiger partial charge on any atom is 0.247 e. The molecule has 0 bridgehead atoms. The summed E-state index contributed by atoms with van der Waals surface area (Å²) in [5, 5.41) is 4.89. The van der Waals surface area contributed by atoms with E-state index in [1.54, 1.807) is 37.3 Å². The number of para-hydroxylation sites is 1. The van der Waals surface area contributed by atoms with Crippen molar-refractivity contribution in [1.29, 1.82) is 0 Å². The lowest BCUT2D eigenvalue weighted by atomic mass is 10.0. The Morgan fingerprint density at radius 1 is 1.14 bits per heavy atom. The fraction of sp³-hybridized carbons (Fsp3) is 0.385. The summed E-state index contributed by atoms with van der Waals surface area (Å²) < 4.78 is 18.4. The Morgan fingerprint density at radius 2 is 1.86 bits per heavy atom. The third-order valence-corrected chi connectivity index (χ3v) is 7.21. The number of hydrogen-bond donors (Lipinski definition) is 1. The van der Waals surface area contributed by atoms with Crippen LogP contribution >= 0.6 is 11.8 Å². The number of anilines is 1. The van der Waals surface area contributed by atoms with Crippen molar-refractivity contribution in [2.45, 2.75) is 24.4 Å². The van der Waals surface area contributed by atoms with Crippen molar-refractivity contribution in [2.24, 2.45) is 7.05 Å². The number of carbonyl (C=O) groups is 2. The van der Waals surface area contributed by atoms with Crippen LogP contribution in [0.1, 0.15) is 24.9 Å². The van der Waals surface area contributed by atoms with Crippen LogP contribution in [0.3, 0.4) is 0 Å². The smallest absolute Gasteiger partial charge is 0.247 e. The van der Waals surface area contributed by atoms with Gasteiger partial charge in [0.25, 0.3) is 0 Å². The molecule has 0 aliphatic carbocycles. The number of amides is 2. The number of nitrogens with one attached hydrogen (secondary N) is 1. The molecule has 0 saturated carbocycles. The van der Waals surface area contributed by atoms with Gasteiger partial charge in [0.2, 0.25) is 11.8 Å². The van der Waals surface area contributed by atoms with Crippen molar-refractivity contribution >= 4 is 40.2 Å². The lowest BCUT2D eigenvalue weighted by Crippen LogP contribution is -2.44. The molecule has 3 aromatic rings. The van der Waals surface area contributed by atoms with Crippen molar-refractivity contribution in [3.8, 4) is 11.5 Å². The summed E-state index contributed by atoms with van der Waals surface area (Å²) in [6.07, 6.45) is 0.685. The van der Waals surface area contributed by atoms with E-state index in [2.05, 4.69) is 9.88 Å². The van der Waals surface area contributed by atoms with E-state index in [9.17, 15) is 9.59 Å². The third-order valence-electron chi connectivity index (χ3n) is 6.05. The molecule has 0 saturated heterocycles. The van der Waals surface area contributed by atoms with E-state index in [0.717, 1.165) is 21.5 Å². The second-order valence-corrected chi connectivity index (χ2v) is 9.13. The minimum Gasteiger partial charge on any atom is -0.497 e. The fourth-order valence-corrected chi connectivity index (χ4v) is 5.48. The number of ether oxygens (including phenoxy) is 3. The van der Waals surface area contributed by atoms with Gasteiger partial charge in [-0.3, -0.25) is 14.5 Å². The number of hydrogen-bond acceptors (Lipinski definition) is 6. The summed E-state index contributed by atoms with van der Waals surface area (Å²) in [6, 6.07) is 12.4. The monoisotopic (exact) mass is 497 g/mol. The molecule has 1 atom stereocenters. The summed E-state index contributed by atoms with van der Waals surface area (Å²) in [5.41, 5.74) is 2.38. The van der Waals surface area contributed by atoms with Gasteiger partial charge < -0.3 is 24.1 Å². The molecule has 1 aliphatic heterocycles. The quantitative estimate of drug-likeness (QED) is 0.452. The molecule has 0 fully saturated rings. The highest BCUT2D eigenvalue weighted by Crippen LogP contribution is 2.44. The molecule has 0 spiro atoms. The number of aromatic nitrogens is 1. The van der Waals surface area contributed by atoms with Crippen LogP contribution < -0.4 is 19.7 Å². The SMILES string of the molecule is CCOCCCNC(=O)C1c2c(n(C)c3ccccc23)SCC(=O)N1c1cc(OC)cc(OC)c1. The van der Waals surface area contributed by atoms with Crippen molar-refractivity contribution < 1.29 is 23.8 Å². The summed E-state index contributed by atoms with van der Waals surface area (Å²) in [4.78, 5) is 29.0. The molecule has 2 heterocycles. The van der Waals surface area contributed by atoms with Crippen molar-refractivity contribution in [3.63, 3.8) is 0 Å². The molecule has 9 heteroatoms. The van der Waals surface area contributed by atoms with Gasteiger partial charge in [0.15, 0.2) is 0 Å². The lowest BCUT2D eigenvalue weighted by molar-refractivity contribution is -0.125. The van der Waals surface area contributed by atoms with Gasteiger partial charge in [-0.25, -0.2) is 0 Å². The zero-order valence-corrected chi connectivity index (χ0v) is 21.3. The number of nitrogens with zero attached hydrogens (tertiary/aromatic N) is 2. The molecule has 186 valence electrons. The second kappa shape index (κ2) is 11.0. The van der Waals surface area contributed by atoms with Crippen LogP contribution in [-0.2, 0) is 21.4 Å². The van der Waals surface area contributed by atoms with Gasteiger partial charge in [-0.05, 0) is 19.4 Å². The normalized spacial score (nSPS) is 15.6. The summed E-state index contributed by atoms with van der Waals surface area (Å²) >= 11 is 1.45. The van der Waals surface area contributed by atoms with Crippen LogP contribution in [0.4, 0.5) is 5.69 Å². The molecule has 4 rings (SSSR count). The van der Waals surface area contributed by atoms with Gasteiger partial charge in [-0.15, -0.1) is 0 Å². The number of carbonyl (C=O) groups excluding carboxylic acids is 2. The molecule has 1 unspecified atom stereocenters. The van der Waals surface area contributed by atoms with E-state index in [0.29, 0.717) is 43.4 Å². The van der Waals surface area contributed by atoms with Gasteiger partial charge in [0.05, 0.1) is 30.7 Å². The number of thioether (sulfide) groups is 1. The largest absolute Gasteiger partial charge is 0.497 e. The van der Waals surface area contributed by atoms with Crippen LogP contribution in [0.15, 0.2) is 47.5 Å². The molecule has 1 aliphatic rings. The first kappa shape index (κ1) is 24.9. The standard InChI is InChI=1S/C26H31N3O5S/c1-5-34-12-8-11-27-25(31)24-23-20-9-6-7-10-21(20)28(2)26(23)35-16-22(30)29(24)17-13-18(32-3)15-19(14-17)33-4/h6-7,9-10,13-15,24H,5,8,11-12,16H2,1-4H3,(H,27,31). The Kier molecular flexibility index (Phi) is 7.87. The van der Waals surface area contributed by atoms with Gasteiger partial charge in [-0.1, -0.05) is 30.0 Å². The van der Waals surface area contributed by atoms with Gasteiger partial charge >= 0.3 is 0 Å². The van der Waals surface area contributed by atoms with E-state index in [4.69, 9.17) is 14.2 Å². The highest BCUT2D eigenvalue weighted by Gasteiger charge is 2.40. The van der Waals surface area contributed by atoms with E-state index in [-0.39, 0.29) is 17.6 Å². The second-order valence-electron chi connectivity index (χ2n) is 8.16. The van der Waals surface area contributed by atoms with Gasteiger partial charge in [0.1, 0.15) is 17.5 Å². The first-order chi connectivity index (χ1) is 17.0. The molecule has 0 radical (unpaired) electrons. The Bertz CT molecular complexity index is 1200. The molecule has 35 heavy (non-hydrogen) atoms. The molecular weight excluding hydrogens is 466 g/mol. The van der Waals surface area contributed by atoms with Gasteiger partial charge in [-0.2, -0.15) is 0 Å². The van der Waals surface area contributed by atoms with E-state index < -0.39 is 6.04 Å². The number of benzene rings is 2. The van der Waals surface area contributed by atoms with Crippen LogP contribution in [0, 0.1) is 0 Å². The number of aryl methyl sites for hydroxylation is 1. The zero-order chi connectivity index (χ0) is 24.9. The number of rotatable bonds is 9. The summed E-state index contributed by atoms with van der Waals surface area (Å²) in [6.45, 7) is 3.58. The maximum atomic E-state index is 13.8. The Labute approximate surface area is 209 Å². The summed E-state index contributed by atoms with van der Waals surface area (Å²) in [7, 11) is 5.09. The molecule has 2 aromatic carbocycles. The summed E-state index contributed by atoms with van der Waals surface area (Å²) in [5.74, 6) is 0.873. The molecular formula is C26H31N3O5S. The zero-order valence-electron chi connectivity index (χ0n) is 20.5. The molecule has 1 aromatic heterocycles. The van der Waals surface area contributed by atoms with Crippen LogP contribution in [0.25, 0.3) is 10.9 Å². The molecule has 1 N–H and O–H groups in total. The Hall–Kier alpha value is -3.17. The van der Waals surface area contributed by atoms with Crippen LogP contribution in [0.2, 0.25) is 0 Å². The van der Waals surface area contributed by atoms with Crippen molar-refractivity contribution in [2.75, 3.05) is 44.6 Å². The van der Waals surface area contributed by atoms with E-state index >= 15 is 0 Å². The fourth-order valence-electron chi connectivity index (χ4n) is 4.41. The highest BCUT2D eigenvalue weighted by atomic mass is 32.2. The molecule has 2 amide bonds. The van der Waals surface area contributed by atoms with Crippen LogP contribution in [-0.4, -0.2) is 56.1 Å². The van der Waals surface area contributed by atoms with E-state index in [1.807, 2.05) is 38.2 Å². The average molecular weight is 498 g/mol. The predicted molar refractivity (Wildman–Crippen MR) is 138 cm³/mol. The first-order valence-corrected chi connectivity index (χ1v) is 12.6. The minimum absolute atomic E-state index is 0.167. The minimum atomic E-state index is -0.859. The Balaban J connectivity index is 1.85. The third kappa shape index (κ3) is 4.97. The average Bonchev–Trinajstić information content (AvgIpc) is 3.05. The van der Waals surface area contributed by atoms with Crippen LogP contribution in [0.5, 0.6) is 11.5 Å². The van der Waals surface area contributed by atoms with E-state index in [1.165, 1.54) is 11.8 Å². The van der Waals surface area contributed by atoms with Gasteiger partial charge in [0, 0.05) is 61.5 Å². The Morgan fingerprint density at radius 3 is 2.54 bits per heavy atom. The topological polar surface area (TPSA) is 82.0 Å². The number of fused-ring (bicyclic) bond motifs is 3. The highest BCUT2D eigenvalue weighted by molar-refractivity contribution is 8.00. The lowest BCUT2D eigenvalue weighted by Gasteiger charge is -2.30. The maximum absolute atomic E-state index is 13.8. The van der Waals surface area contributed by atoms with Crippen molar-refractivity contribution in [1.82, 2.24) is 9.88 Å². The predicted octanol–water partition coefficient (Wildman–Crippen LogP) is 3.92.